The second kappa shape index (κ2) is 9.15. The molecule has 0 heterocycles. The lowest BCUT2D eigenvalue weighted by Crippen LogP contribution is -2.57. The van der Waals surface area contributed by atoms with Gasteiger partial charge in [0.05, 0.1) is 0 Å². The molecule has 0 spiro atoms. The second-order valence-corrected chi connectivity index (χ2v) is 8.15. The van der Waals surface area contributed by atoms with Crippen molar-refractivity contribution in [3.63, 3.8) is 0 Å². The van der Waals surface area contributed by atoms with Gasteiger partial charge < -0.3 is 5.73 Å². The van der Waals surface area contributed by atoms with Crippen LogP contribution in [0.5, 0.6) is 0 Å². The molecular formula is C19H40N2. The average Bonchev–Trinajstić information content (AvgIpc) is 2.46. The van der Waals surface area contributed by atoms with Gasteiger partial charge in [-0.15, -0.1) is 0 Å². The summed E-state index contributed by atoms with van der Waals surface area (Å²) in [6, 6.07) is 0. The highest BCUT2D eigenvalue weighted by atomic mass is 15.2. The average molecular weight is 297 g/mol. The quantitative estimate of drug-likeness (QED) is 0.669. The van der Waals surface area contributed by atoms with E-state index >= 15 is 0 Å². The molecule has 1 fully saturated rings. The van der Waals surface area contributed by atoms with Crippen LogP contribution in [-0.2, 0) is 0 Å². The summed E-state index contributed by atoms with van der Waals surface area (Å²) in [5.74, 6) is 2.46. The van der Waals surface area contributed by atoms with Crippen molar-refractivity contribution in [2.24, 2.45) is 23.5 Å². The molecule has 0 bridgehead atoms. The van der Waals surface area contributed by atoms with Gasteiger partial charge in [-0.05, 0) is 56.5 Å². The summed E-state index contributed by atoms with van der Waals surface area (Å²) < 4.78 is 0. The molecule has 0 radical (unpaired) electrons. The highest BCUT2D eigenvalue weighted by Crippen LogP contribution is 2.38. The molecule has 1 rings (SSSR count). The Balaban J connectivity index is 2.78. The molecule has 2 nitrogen and oxygen atoms in total. The maximum Gasteiger partial charge on any atom is 0.0334 e. The number of hydrogen-bond acceptors (Lipinski definition) is 2. The fraction of sp³-hybridized carbons (Fsp3) is 1.00. The molecule has 0 aliphatic heterocycles. The predicted molar refractivity (Wildman–Crippen MR) is 94.5 cm³/mol. The van der Waals surface area contributed by atoms with E-state index in [1.54, 1.807) is 0 Å². The lowest BCUT2D eigenvalue weighted by atomic mass is 9.73. The molecule has 2 heteroatoms. The van der Waals surface area contributed by atoms with Gasteiger partial charge in [0, 0.05) is 12.1 Å². The molecule has 1 saturated carbocycles. The second-order valence-electron chi connectivity index (χ2n) is 8.15. The molecule has 2 atom stereocenters. The van der Waals surface area contributed by atoms with Crippen molar-refractivity contribution in [1.29, 1.82) is 0 Å². The first-order chi connectivity index (χ1) is 9.93. The molecule has 126 valence electrons. The van der Waals surface area contributed by atoms with Crippen LogP contribution in [0.15, 0.2) is 0 Å². The maximum atomic E-state index is 6.33. The van der Waals surface area contributed by atoms with E-state index in [1.165, 1.54) is 58.0 Å². The van der Waals surface area contributed by atoms with E-state index in [2.05, 4.69) is 39.5 Å². The summed E-state index contributed by atoms with van der Waals surface area (Å²) in [6.07, 6.45) is 9.36. The molecule has 21 heavy (non-hydrogen) atoms. The zero-order valence-electron chi connectivity index (χ0n) is 15.3. The van der Waals surface area contributed by atoms with Crippen molar-refractivity contribution in [1.82, 2.24) is 4.90 Å². The predicted octanol–water partition coefficient (Wildman–Crippen LogP) is 4.68. The van der Waals surface area contributed by atoms with Gasteiger partial charge >= 0.3 is 0 Å². The number of rotatable bonds is 9. The van der Waals surface area contributed by atoms with Crippen LogP contribution in [0.2, 0.25) is 0 Å². The Hall–Kier alpha value is -0.0800. The molecule has 2 N–H and O–H groups in total. The fourth-order valence-electron chi connectivity index (χ4n) is 3.83. The number of nitrogens with zero attached hydrogens (tertiary/aromatic N) is 1. The molecule has 0 amide bonds. The minimum atomic E-state index is 0.294. The Bertz CT molecular complexity index is 263. The summed E-state index contributed by atoms with van der Waals surface area (Å²) in [6.45, 7) is 15.0. The zero-order valence-corrected chi connectivity index (χ0v) is 15.3. The van der Waals surface area contributed by atoms with Crippen LogP contribution < -0.4 is 5.73 Å². The van der Waals surface area contributed by atoms with Crippen molar-refractivity contribution >= 4 is 0 Å². The van der Waals surface area contributed by atoms with Crippen LogP contribution in [0, 0.1) is 17.8 Å². The van der Waals surface area contributed by atoms with E-state index in [-0.39, 0.29) is 0 Å². The Kier molecular flexibility index (Phi) is 8.26. The minimum Gasteiger partial charge on any atom is -0.329 e. The molecule has 2 unspecified atom stereocenters. The third kappa shape index (κ3) is 5.90. The van der Waals surface area contributed by atoms with Gasteiger partial charge in [-0.25, -0.2) is 0 Å². The van der Waals surface area contributed by atoms with Crippen molar-refractivity contribution < 1.29 is 0 Å². The highest BCUT2D eigenvalue weighted by Gasteiger charge is 2.39. The van der Waals surface area contributed by atoms with Crippen molar-refractivity contribution in [3.05, 3.63) is 0 Å². The number of nitrogens with two attached hydrogens (primary N) is 1. The number of hydrogen-bond donors (Lipinski definition) is 1. The van der Waals surface area contributed by atoms with Gasteiger partial charge in [0.15, 0.2) is 0 Å². The minimum absolute atomic E-state index is 0.294. The normalized spacial score (nSPS) is 27.0. The van der Waals surface area contributed by atoms with Crippen LogP contribution >= 0.6 is 0 Å². The lowest BCUT2D eigenvalue weighted by Gasteiger charge is -2.49. The summed E-state index contributed by atoms with van der Waals surface area (Å²) in [7, 11) is 0. The topological polar surface area (TPSA) is 29.3 Å². The largest absolute Gasteiger partial charge is 0.329 e. The third-order valence-corrected chi connectivity index (χ3v) is 5.50. The van der Waals surface area contributed by atoms with Crippen LogP contribution in [0.25, 0.3) is 0 Å². The maximum absolute atomic E-state index is 6.33. The smallest absolute Gasteiger partial charge is 0.0334 e. The summed E-state index contributed by atoms with van der Waals surface area (Å²) in [4.78, 5) is 2.79. The first-order valence-corrected chi connectivity index (χ1v) is 9.38. The van der Waals surface area contributed by atoms with Gasteiger partial charge in [0.2, 0.25) is 0 Å². The molecule has 1 aliphatic carbocycles. The van der Waals surface area contributed by atoms with Crippen molar-refractivity contribution in [2.45, 2.75) is 85.1 Å². The van der Waals surface area contributed by atoms with Crippen molar-refractivity contribution in [3.8, 4) is 0 Å². The molecular weight excluding hydrogens is 256 g/mol. The van der Waals surface area contributed by atoms with E-state index < -0.39 is 0 Å². The van der Waals surface area contributed by atoms with Gasteiger partial charge in [0.25, 0.3) is 0 Å². The van der Waals surface area contributed by atoms with Gasteiger partial charge in [0.1, 0.15) is 0 Å². The summed E-state index contributed by atoms with van der Waals surface area (Å²) in [5.41, 5.74) is 6.62. The van der Waals surface area contributed by atoms with E-state index in [9.17, 15) is 0 Å². The lowest BCUT2D eigenvalue weighted by molar-refractivity contribution is 0.0279. The molecule has 1 aliphatic rings. The first kappa shape index (κ1) is 19.0. The van der Waals surface area contributed by atoms with E-state index in [1.807, 2.05) is 0 Å². The molecule has 0 aromatic carbocycles. The third-order valence-electron chi connectivity index (χ3n) is 5.50. The van der Waals surface area contributed by atoms with Crippen molar-refractivity contribution in [2.75, 3.05) is 19.6 Å². The SMILES string of the molecule is CCC1CCCC(CN)(N(CCC(C)C)CCC(C)C)C1. The first-order valence-electron chi connectivity index (χ1n) is 9.38. The molecule has 0 aromatic rings. The van der Waals surface area contributed by atoms with Crippen LogP contribution in [-0.4, -0.2) is 30.1 Å². The van der Waals surface area contributed by atoms with Gasteiger partial charge in [-0.3, -0.25) is 4.90 Å². The Morgan fingerprint density at radius 1 is 1.10 bits per heavy atom. The van der Waals surface area contributed by atoms with Crippen LogP contribution in [0.4, 0.5) is 0 Å². The molecule has 0 aromatic heterocycles. The Morgan fingerprint density at radius 3 is 2.10 bits per heavy atom. The standard InChI is InChI=1S/C19H40N2/c1-6-18-8-7-11-19(14-18,15-20)21(12-9-16(2)3)13-10-17(4)5/h16-18H,6-15,20H2,1-5H3. The van der Waals surface area contributed by atoms with Gasteiger partial charge in [-0.1, -0.05) is 53.9 Å². The Morgan fingerprint density at radius 2 is 1.67 bits per heavy atom. The van der Waals surface area contributed by atoms with E-state index in [0.717, 1.165) is 24.3 Å². The molecule has 0 saturated heterocycles. The zero-order chi connectivity index (χ0) is 15.9. The van der Waals surface area contributed by atoms with E-state index in [0.29, 0.717) is 5.54 Å². The Labute approximate surface area is 133 Å². The monoisotopic (exact) mass is 296 g/mol. The summed E-state index contributed by atoms with van der Waals surface area (Å²) in [5, 5.41) is 0. The summed E-state index contributed by atoms with van der Waals surface area (Å²) >= 11 is 0. The van der Waals surface area contributed by atoms with E-state index in [4.69, 9.17) is 5.73 Å². The fourth-order valence-corrected chi connectivity index (χ4v) is 3.83. The van der Waals surface area contributed by atoms with Crippen LogP contribution in [0.3, 0.4) is 0 Å². The van der Waals surface area contributed by atoms with Gasteiger partial charge in [-0.2, -0.15) is 0 Å². The highest BCUT2D eigenvalue weighted by molar-refractivity contribution is 4.96. The van der Waals surface area contributed by atoms with Crippen LogP contribution in [0.1, 0.15) is 79.6 Å².